The topological polar surface area (TPSA) is 41.5 Å². The third-order valence-corrected chi connectivity index (χ3v) is 3.81. The van der Waals surface area contributed by atoms with Crippen molar-refractivity contribution in [3.63, 3.8) is 0 Å². The molecule has 0 atom stereocenters. The summed E-state index contributed by atoms with van der Waals surface area (Å²) in [5, 5.41) is 12.4. The number of hydrogen-bond acceptors (Lipinski definition) is 3. The zero-order chi connectivity index (χ0) is 16.5. The van der Waals surface area contributed by atoms with Crippen molar-refractivity contribution >= 4 is 11.6 Å². The van der Waals surface area contributed by atoms with E-state index >= 15 is 0 Å². The van der Waals surface area contributed by atoms with E-state index in [0.717, 1.165) is 31.5 Å². The van der Waals surface area contributed by atoms with Crippen LogP contribution in [0, 0.1) is 5.82 Å². The van der Waals surface area contributed by atoms with Crippen LogP contribution in [0.15, 0.2) is 42.5 Å². The number of hydrogen-bond donors (Lipinski definition) is 2. The molecule has 5 heteroatoms. The van der Waals surface area contributed by atoms with Crippen LogP contribution in [0.4, 0.5) is 4.39 Å². The van der Waals surface area contributed by atoms with E-state index in [1.807, 2.05) is 24.3 Å². The molecule has 2 rings (SSSR count). The van der Waals surface area contributed by atoms with Crippen molar-refractivity contribution in [3.8, 4) is 5.75 Å². The highest BCUT2D eigenvalue weighted by molar-refractivity contribution is 6.31. The number of aliphatic hydroxyl groups is 1. The average molecular weight is 338 g/mol. The van der Waals surface area contributed by atoms with Gasteiger partial charge in [-0.2, -0.15) is 0 Å². The molecule has 0 bridgehead atoms. The van der Waals surface area contributed by atoms with Crippen molar-refractivity contribution in [3.05, 3.63) is 64.4 Å². The van der Waals surface area contributed by atoms with Crippen LogP contribution >= 0.6 is 11.6 Å². The van der Waals surface area contributed by atoms with Gasteiger partial charge in [0.05, 0.1) is 5.02 Å². The molecule has 0 aromatic heterocycles. The number of halogens is 2. The molecular weight excluding hydrogens is 317 g/mol. The Morgan fingerprint density at radius 3 is 2.57 bits per heavy atom. The van der Waals surface area contributed by atoms with Gasteiger partial charge in [-0.1, -0.05) is 29.8 Å². The van der Waals surface area contributed by atoms with E-state index in [1.54, 1.807) is 12.1 Å². The van der Waals surface area contributed by atoms with Gasteiger partial charge in [-0.3, -0.25) is 0 Å². The highest BCUT2D eigenvalue weighted by Crippen LogP contribution is 2.21. The van der Waals surface area contributed by atoms with Crippen molar-refractivity contribution in [1.29, 1.82) is 0 Å². The zero-order valence-corrected chi connectivity index (χ0v) is 13.7. The van der Waals surface area contributed by atoms with E-state index < -0.39 is 0 Å². The second-order valence-corrected chi connectivity index (χ2v) is 5.65. The quantitative estimate of drug-likeness (QED) is 0.681. The molecule has 0 aliphatic heterocycles. The third-order valence-electron chi connectivity index (χ3n) is 3.46. The van der Waals surface area contributed by atoms with Crippen LogP contribution in [0.25, 0.3) is 0 Å². The molecule has 0 saturated heterocycles. The maximum Gasteiger partial charge on any atom is 0.131 e. The van der Waals surface area contributed by atoms with Crippen molar-refractivity contribution in [1.82, 2.24) is 5.32 Å². The molecule has 0 spiro atoms. The summed E-state index contributed by atoms with van der Waals surface area (Å²) in [5.74, 6) is 0.314. The lowest BCUT2D eigenvalue weighted by Gasteiger charge is -2.10. The Morgan fingerprint density at radius 1 is 1.09 bits per heavy atom. The standard InChI is InChI=1S/C18H21ClFNO2/c19-17-4-3-5-18(20)16(17)13-23-15-8-6-14(7-9-15)12-21-10-1-2-11-22/h3-9,21-22H,1-2,10-13H2. The molecule has 124 valence electrons. The van der Waals surface area contributed by atoms with Gasteiger partial charge in [-0.05, 0) is 49.2 Å². The first-order valence-corrected chi connectivity index (χ1v) is 8.04. The lowest BCUT2D eigenvalue weighted by atomic mass is 10.2. The van der Waals surface area contributed by atoms with Gasteiger partial charge < -0.3 is 15.2 Å². The van der Waals surface area contributed by atoms with Crippen molar-refractivity contribution in [2.45, 2.75) is 26.0 Å². The van der Waals surface area contributed by atoms with E-state index in [2.05, 4.69) is 5.32 Å². The van der Waals surface area contributed by atoms with Crippen molar-refractivity contribution < 1.29 is 14.2 Å². The van der Waals surface area contributed by atoms with Crippen LogP contribution in [0.1, 0.15) is 24.0 Å². The molecule has 0 unspecified atom stereocenters. The van der Waals surface area contributed by atoms with E-state index in [4.69, 9.17) is 21.4 Å². The molecular formula is C18H21ClFNO2. The Kier molecular flexibility index (Phi) is 7.33. The number of nitrogens with one attached hydrogen (secondary N) is 1. The third kappa shape index (κ3) is 5.82. The normalized spacial score (nSPS) is 10.7. The number of aliphatic hydroxyl groups excluding tert-OH is 1. The fourth-order valence-corrected chi connectivity index (χ4v) is 2.34. The maximum absolute atomic E-state index is 13.7. The molecule has 23 heavy (non-hydrogen) atoms. The van der Waals surface area contributed by atoms with Gasteiger partial charge >= 0.3 is 0 Å². The molecule has 2 aromatic carbocycles. The lowest BCUT2D eigenvalue weighted by molar-refractivity contribution is 0.283. The van der Waals surface area contributed by atoms with Gasteiger partial charge in [0.1, 0.15) is 18.2 Å². The summed E-state index contributed by atoms with van der Waals surface area (Å²) in [6.45, 7) is 1.99. The molecule has 3 nitrogen and oxygen atoms in total. The Hall–Kier alpha value is -1.62. The molecule has 0 amide bonds. The molecule has 2 N–H and O–H groups in total. The first-order chi connectivity index (χ1) is 11.2. The van der Waals surface area contributed by atoms with Gasteiger partial charge in [-0.15, -0.1) is 0 Å². The van der Waals surface area contributed by atoms with Crippen LogP contribution in [0.2, 0.25) is 5.02 Å². The maximum atomic E-state index is 13.7. The Morgan fingerprint density at radius 2 is 1.87 bits per heavy atom. The fourth-order valence-electron chi connectivity index (χ4n) is 2.12. The average Bonchev–Trinajstić information content (AvgIpc) is 2.55. The molecule has 2 aromatic rings. The highest BCUT2D eigenvalue weighted by Gasteiger charge is 2.07. The summed E-state index contributed by atoms with van der Waals surface area (Å²) in [4.78, 5) is 0. The van der Waals surface area contributed by atoms with Gasteiger partial charge in [-0.25, -0.2) is 4.39 Å². The summed E-state index contributed by atoms with van der Waals surface area (Å²) < 4.78 is 19.3. The van der Waals surface area contributed by atoms with Crippen molar-refractivity contribution in [2.24, 2.45) is 0 Å². The van der Waals surface area contributed by atoms with E-state index in [1.165, 1.54) is 6.07 Å². The van der Waals surface area contributed by atoms with Crippen LogP contribution in [-0.4, -0.2) is 18.3 Å². The number of rotatable bonds is 9. The van der Waals surface area contributed by atoms with Crippen LogP contribution in [0.5, 0.6) is 5.75 Å². The summed E-state index contributed by atoms with van der Waals surface area (Å²) in [5.41, 5.74) is 1.51. The van der Waals surface area contributed by atoms with Gasteiger partial charge in [0, 0.05) is 18.7 Å². The van der Waals surface area contributed by atoms with E-state index in [-0.39, 0.29) is 19.0 Å². The smallest absolute Gasteiger partial charge is 0.131 e. The summed E-state index contributed by atoms with van der Waals surface area (Å²) in [6, 6.07) is 12.3. The number of benzene rings is 2. The monoisotopic (exact) mass is 337 g/mol. The molecule has 0 radical (unpaired) electrons. The second-order valence-electron chi connectivity index (χ2n) is 5.24. The largest absolute Gasteiger partial charge is 0.489 e. The first kappa shape index (κ1) is 17.7. The predicted octanol–water partition coefficient (Wildman–Crippen LogP) is 3.92. The zero-order valence-electron chi connectivity index (χ0n) is 12.9. The molecule has 0 heterocycles. The molecule has 0 fully saturated rings. The Labute approximate surface area is 141 Å². The summed E-state index contributed by atoms with van der Waals surface area (Å²) in [6.07, 6.45) is 1.78. The minimum Gasteiger partial charge on any atom is -0.489 e. The molecule has 0 saturated carbocycles. The van der Waals surface area contributed by atoms with Crippen LogP contribution < -0.4 is 10.1 Å². The van der Waals surface area contributed by atoms with Gasteiger partial charge in [0.25, 0.3) is 0 Å². The summed E-state index contributed by atoms with van der Waals surface area (Å²) in [7, 11) is 0. The van der Waals surface area contributed by atoms with E-state index in [9.17, 15) is 4.39 Å². The minimum atomic E-state index is -0.360. The van der Waals surface area contributed by atoms with Crippen LogP contribution in [0.3, 0.4) is 0 Å². The SMILES string of the molecule is OCCCCNCc1ccc(OCc2c(F)cccc2Cl)cc1. The second kappa shape index (κ2) is 9.50. The predicted molar refractivity (Wildman–Crippen MR) is 90.2 cm³/mol. The first-order valence-electron chi connectivity index (χ1n) is 7.67. The summed E-state index contributed by atoms with van der Waals surface area (Å²) >= 11 is 5.97. The fraction of sp³-hybridized carbons (Fsp3) is 0.333. The Bertz CT molecular complexity index is 584. The highest BCUT2D eigenvalue weighted by atomic mass is 35.5. The number of unbranched alkanes of at least 4 members (excludes halogenated alkanes) is 1. The molecule has 0 aliphatic rings. The van der Waals surface area contributed by atoms with Crippen LogP contribution in [-0.2, 0) is 13.2 Å². The Balaban J connectivity index is 1.81. The van der Waals surface area contributed by atoms with Gasteiger partial charge in [0.15, 0.2) is 0 Å². The molecule has 0 aliphatic carbocycles. The van der Waals surface area contributed by atoms with Crippen molar-refractivity contribution in [2.75, 3.05) is 13.2 Å². The number of ether oxygens (including phenoxy) is 1. The van der Waals surface area contributed by atoms with Gasteiger partial charge in [0.2, 0.25) is 0 Å². The lowest BCUT2D eigenvalue weighted by Crippen LogP contribution is -2.14. The van der Waals surface area contributed by atoms with E-state index in [0.29, 0.717) is 16.3 Å². The minimum absolute atomic E-state index is 0.101.